The molecule has 1 heterocycles. The molecule has 25 heavy (non-hydrogen) atoms. The average molecular weight is 396 g/mol. The van der Waals surface area contributed by atoms with Crippen LogP contribution in [-0.4, -0.2) is 57.7 Å². The maximum atomic E-state index is 12.3. The van der Waals surface area contributed by atoms with Gasteiger partial charge in [-0.3, -0.25) is 4.79 Å². The molecule has 2 fully saturated rings. The first-order chi connectivity index (χ1) is 11.4. The van der Waals surface area contributed by atoms with E-state index in [1.807, 2.05) is 7.05 Å². The van der Waals surface area contributed by atoms with Crippen LogP contribution in [0.5, 0.6) is 0 Å². The molecule has 0 radical (unpaired) electrons. The van der Waals surface area contributed by atoms with Crippen molar-refractivity contribution in [1.29, 1.82) is 0 Å². The van der Waals surface area contributed by atoms with Gasteiger partial charge in [0.2, 0.25) is 15.9 Å². The number of nitrogens with zero attached hydrogens (tertiary/aromatic N) is 1. The van der Waals surface area contributed by atoms with Gasteiger partial charge in [-0.2, -0.15) is 0 Å². The lowest BCUT2D eigenvalue weighted by Gasteiger charge is -2.32. The molecular formula is C17H34ClN3O3S. The topological polar surface area (TPSA) is 78.5 Å². The third-order valence-corrected chi connectivity index (χ3v) is 6.76. The molecule has 0 bridgehead atoms. The first kappa shape index (κ1) is 22.7. The van der Waals surface area contributed by atoms with Gasteiger partial charge in [-0.15, -0.1) is 12.4 Å². The fraction of sp³-hybridized carbons (Fsp3) is 0.941. The number of piperidine rings is 1. The highest BCUT2D eigenvalue weighted by Gasteiger charge is 2.28. The lowest BCUT2D eigenvalue weighted by atomic mass is 9.88. The summed E-state index contributed by atoms with van der Waals surface area (Å²) in [6.07, 6.45) is 6.95. The quantitative estimate of drug-likeness (QED) is 0.688. The SMILES string of the molecule is CNCCC1CCN(C(=O)CS(=O)(=O)NC2CCC(C)CC2)CC1.Cl. The Labute approximate surface area is 159 Å². The van der Waals surface area contributed by atoms with Crippen LogP contribution >= 0.6 is 12.4 Å². The first-order valence-electron chi connectivity index (χ1n) is 9.32. The average Bonchev–Trinajstić information content (AvgIpc) is 2.55. The minimum absolute atomic E-state index is 0. The van der Waals surface area contributed by atoms with E-state index in [2.05, 4.69) is 17.0 Å². The normalized spacial score (nSPS) is 25.4. The number of rotatable bonds is 7. The lowest BCUT2D eigenvalue weighted by Crippen LogP contribution is -2.46. The van der Waals surface area contributed by atoms with Crippen molar-refractivity contribution in [3.05, 3.63) is 0 Å². The summed E-state index contributed by atoms with van der Waals surface area (Å²) in [6, 6.07) is 0.00581. The first-order valence-corrected chi connectivity index (χ1v) is 11.0. The number of halogens is 1. The molecule has 0 aromatic carbocycles. The highest BCUT2D eigenvalue weighted by atomic mass is 35.5. The zero-order valence-electron chi connectivity index (χ0n) is 15.5. The Hall–Kier alpha value is -0.370. The van der Waals surface area contributed by atoms with Crippen LogP contribution in [0.3, 0.4) is 0 Å². The molecule has 2 N–H and O–H groups in total. The monoisotopic (exact) mass is 395 g/mol. The van der Waals surface area contributed by atoms with E-state index in [4.69, 9.17) is 0 Å². The highest BCUT2D eigenvalue weighted by Crippen LogP contribution is 2.24. The molecule has 2 rings (SSSR count). The van der Waals surface area contributed by atoms with Crippen molar-refractivity contribution in [2.24, 2.45) is 11.8 Å². The van der Waals surface area contributed by atoms with Gasteiger partial charge in [0, 0.05) is 19.1 Å². The fourth-order valence-corrected chi connectivity index (χ4v) is 5.08. The van der Waals surface area contributed by atoms with Gasteiger partial charge in [-0.1, -0.05) is 6.92 Å². The van der Waals surface area contributed by atoms with Crippen molar-refractivity contribution in [2.75, 3.05) is 32.4 Å². The molecule has 6 nitrogen and oxygen atoms in total. The molecule has 1 saturated heterocycles. The van der Waals surface area contributed by atoms with Crippen molar-refractivity contribution in [2.45, 2.75) is 57.9 Å². The van der Waals surface area contributed by atoms with E-state index in [-0.39, 0.29) is 24.4 Å². The predicted octanol–water partition coefficient (Wildman–Crippen LogP) is 1.75. The van der Waals surface area contributed by atoms with Gasteiger partial charge in [0.15, 0.2) is 0 Å². The molecule has 1 saturated carbocycles. The Balaban J connectivity index is 0.00000312. The molecule has 1 amide bonds. The molecule has 1 aliphatic carbocycles. The number of sulfonamides is 1. The van der Waals surface area contributed by atoms with Crippen molar-refractivity contribution in [3.8, 4) is 0 Å². The molecule has 2 aliphatic rings. The Kier molecular flexibility index (Phi) is 9.70. The van der Waals surface area contributed by atoms with Crippen molar-refractivity contribution in [3.63, 3.8) is 0 Å². The van der Waals surface area contributed by atoms with Gasteiger partial charge in [-0.25, -0.2) is 13.1 Å². The predicted molar refractivity (Wildman–Crippen MR) is 103 cm³/mol. The molecular weight excluding hydrogens is 362 g/mol. The number of likely N-dealkylation sites (tertiary alicyclic amines) is 1. The van der Waals surface area contributed by atoms with Crippen LogP contribution in [0.4, 0.5) is 0 Å². The second kappa shape index (κ2) is 10.7. The zero-order valence-corrected chi connectivity index (χ0v) is 17.1. The van der Waals surface area contributed by atoms with Gasteiger partial charge in [-0.05, 0) is 70.4 Å². The molecule has 0 atom stereocenters. The van der Waals surface area contributed by atoms with Crippen LogP contribution in [0.15, 0.2) is 0 Å². The lowest BCUT2D eigenvalue weighted by molar-refractivity contribution is -0.129. The largest absolute Gasteiger partial charge is 0.342 e. The number of hydrogen-bond acceptors (Lipinski definition) is 4. The minimum Gasteiger partial charge on any atom is -0.342 e. The van der Waals surface area contributed by atoms with Crippen LogP contribution in [0.25, 0.3) is 0 Å². The number of carbonyl (C=O) groups excluding carboxylic acids is 1. The molecule has 1 aliphatic heterocycles. The third-order valence-electron chi connectivity index (χ3n) is 5.45. The summed E-state index contributed by atoms with van der Waals surface area (Å²) in [6.45, 7) is 4.57. The maximum Gasteiger partial charge on any atom is 0.239 e. The van der Waals surface area contributed by atoms with E-state index < -0.39 is 15.8 Å². The smallest absolute Gasteiger partial charge is 0.239 e. The summed E-state index contributed by atoms with van der Waals surface area (Å²) in [7, 11) is -1.58. The van der Waals surface area contributed by atoms with E-state index >= 15 is 0 Å². The second-order valence-electron chi connectivity index (χ2n) is 7.55. The van der Waals surface area contributed by atoms with E-state index in [9.17, 15) is 13.2 Å². The Bertz CT molecular complexity index is 499. The second-order valence-corrected chi connectivity index (χ2v) is 9.30. The van der Waals surface area contributed by atoms with Crippen molar-refractivity contribution in [1.82, 2.24) is 14.9 Å². The van der Waals surface area contributed by atoms with Crippen LogP contribution in [0, 0.1) is 11.8 Å². The van der Waals surface area contributed by atoms with Crippen LogP contribution in [-0.2, 0) is 14.8 Å². The fourth-order valence-electron chi connectivity index (χ4n) is 3.75. The van der Waals surface area contributed by atoms with Gasteiger partial charge < -0.3 is 10.2 Å². The number of amides is 1. The standard InChI is InChI=1S/C17H33N3O3S.ClH/c1-14-3-5-16(6-4-14)19-24(22,23)13-17(21)20-11-8-15(9-12-20)7-10-18-2;/h14-16,18-19H,3-13H2,1-2H3;1H. The zero-order chi connectivity index (χ0) is 17.6. The van der Waals surface area contributed by atoms with E-state index in [0.29, 0.717) is 24.9 Å². The van der Waals surface area contributed by atoms with E-state index in [0.717, 1.165) is 51.5 Å². The Morgan fingerprint density at radius 2 is 1.68 bits per heavy atom. The molecule has 0 unspecified atom stereocenters. The summed E-state index contributed by atoms with van der Waals surface area (Å²) in [5.74, 6) is 0.663. The molecule has 0 spiro atoms. The maximum absolute atomic E-state index is 12.3. The Morgan fingerprint density at radius 3 is 2.24 bits per heavy atom. The number of nitrogens with one attached hydrogen (secondary N) is 2. The molecule has 8 heteroatoms. The summed E-state index contributed by atoms with van der Waals surface area (Å²) in [5.41, 5.74) is 0. The van der Waals surface area contributed by atoms with Gasteiger partial charge in [0.1, 0.15) is 5.75 Å². The number of hydrogen-bond donors (Lipinski definition) is 2. The molecule has 0 aromatic rings. The summed E-state index contributed by atoms with van der Waals surface area (Å²) in [4.78, 5) is 14.0. The summed E-state index contributed by atoms with van der Waals surface area (Å²) >= 11 is 0. The van der Waals surface area contributed by atoms with Gasteiger partial charge in [0.05, 0.1) is 0 Å². The van der Waals surface area contributed by atoms with Gasteiger partial charge in [0.25, 0.3) is 0 Å². The van der Waals surface area contributed by atoms with E-state index in [1.165, 1.54) is 0 Å². The van der Waals surface area contributed by atoms with Crippen LogP contribution in [0.1, 0.15) is 51.9 Å². The molecule has 148 valence electrons. The van der Waals surface area contributed by atoms with Crippen molar-refractivity contribution >= 4 is 28.3 Å². The van der Waals surface area contributed by atoms with Gasteiger partial charge >= 0.3 is 0 Å². The minimum atomic E-state index is -3.53. The summed E-state index contributed by atoms with van der Waals surface area (Å²) < 4.78 is 27.3. The van der Waals surface area contributed by atoms with Crippen LogP contribution < -0.4 is 10.0 Å². The van der Waals surface area contributed by atoms with Crippen LogP contribution in [0.2, 0.25) is 0 Å². The van der Waals surface area contributed by atoms with Crippen molar-refractivity contribution < 1.29 is 13.2 Å². The third kappa shape index (κ3) is 7.81. The highest BCUT2D eigenvalue weighted by molar-refractivity contribution is 7.90. The summed E-state index contributed by atoms with van der Waals surface area (Å²) in [5, 5.41) is 3.15. The molecule has 0 aromatic heterocycles. The number of carbonyl (C=O) groups is 1. The van der Waals surface area contributed by atoms with E-state index in [1.54, 1.807) is 4.90 Å². The Morgan fingerprint density at radius 1 is 1.08 bits per heavy atom.